The smallest absolute Gasteiger partial charge is 0.282 e. The fourth-order valence-electron chi connectivity index (χ4n) is 2.57. The molecule has 0 saturated heterocycles. The second-order valence-electron chi connectivity index (χ2n) is 5.11. The van der Waals surface area contributed by atoms with Gasteiger partial charge >= 0.3 is 0 Å². The largest absolute Gasteiger partial charge is 0.298 e. The SMILES string of the molecule is Cc1c(C=O)c(=O)n(-c2ccccc2)n1Cc1ccccc1. The molecule has 0 aliphatic rings. The van der Waals surface area contributed by atoms with Crippen molar-refractivity contribution in [2.75, 3.05) is 0 Å². The van der Waals surface area contributed by atoms with Crippen LogP contribution in [0.1, 0.15) is 21.6 Å². The fraction of sp³-hybridized carbons (Fsp3) is 0.111. The molecule has 0 saturated carbocycles. The molecule has 2 aromatic carbocycles. The van der Waals surface area contributed by atoms with Crippen LogP contribution in [-0.2, 0) is 6.54 Å². The van der Waals surface area contributed by atoms with Gasteiger partial charge < -0.3 is 0 Å². The highest BCUT2D eigenvalue weighted by Gasteiger charge is 2.17. The number of carbonyl (C=O) groups excluding carboxylic acids is 1. The van der Waals surface area contributed by atoms with Crippen molar-refractivity contribution in [2.45, 2.75) is 13.5 Å². The van der Waals surface area contributed by atoms with Crippen molar-refractivity contribution in [1.29, 1.82) is 0 Å². The first-order valence-corrected chi connectivity index (χ1v) is 7.09. The van der Waals surface area contributed by atoms with Crippen molar-refractivity contribution in [3.63, 3.8) is 0 Å². The standard InChI is InChI=1S/C18H16N2O2/c1-14-17(13-21)18(22)20(16-10-6-3-7-11-16)19(14)12-15-8-4-2-5-9-15/h2-11,13H,12H2,1H3. The van der Waals surface area contributed by atoms with Gasteiger partial charge in [-0.15, -0.1) is 0 Å². The molecule has 4 heteroatoms. The summed E-state index contributed by atoms with van der Waals surface area (Å²) < 4.78 is 3.41. The molecule has 0 aliphatic carbocycles. The molecule has 3 rings (SSSR count). The highest BCUT2D eigenvalue weighted by Crippen LogP contribution is 2.13. The number of benzene rings is 2. The Hall–Kier alpha value is -2.88. The minimum atomic E-state index is -0.283. The zero-order valence-electron chi connectivity index (χ0n) is 12.3. The quantitative estimate of drug-likeness (QED) is 0.694. The Morgan fingerprint density at radius 3 is 2.14 bits per heavy atom. The predicted molar refractivity (Wildman–Crippen MR) is 85.7 cm³/mol. The zero-order chi connectivity index (χ0) is 15.5. The number of nitrogens with zero attached hydrogens (tertiary/aromatic N) is 2. The van der Waals surface area contributed by atoms with Gasteiger partial charge in [0.05, 0.1) is 12.2 Å². The Morgan fingerprint density at radius 2 is 1.55 bits per heavy atom. The van der Waals surface area contributed by atoms with Crippen LogP contribution >= 0.6 is 0 Å². The third-order valence-corrected chi connectivity index (χ3v) is 3.73. The topological polar surface area (TPSA) is 44.0 Å². The minimum absolute atomic E-state index is 0.208. The van der Waals surface area contributed by atoms with Crippen LogP contribution in [0.5, 0.6) is 0 Å². The molecule has 22 heavy (non-hydrogen) atoms. The molecule has 0 aliphatic heterocycles. The number of hydrogen-bond acceptors (Lipinski definition) is 2. The van der Waals surface area contributed by atoms with Gasteiger partial charge in [-0.2, -0.15) is 0 Å². The van der Waals surface area contributed by atoms with Crippen molar-refractivity contribution < 1.29 is 4.79 Å². The van der Waals surface area contributed by atoms with E-state index in [-0.39, 0.29) is 11.1 Å². The lowest BCUT2D eigenvalue weighted by molar-refractivity contribution is 0.112. The molecule has 4 nitrogen and oxygen atoms in total. The Morgan fingerprint density at radius 1 is 0.955 bits per heavy atom. The van der Waals surface area contributed by atoms with E-state index < -0.39 is 0 Å². The van der Waals surface area contributed by atoms with Gasteiger partial charge in [-0.25, -0.2) is 4.68 Å². The number of carbonyl (C=O) groups is 1. The van der Waals surface area contributed by atoms with Crippen LogP contribution < -0.4 is 5.56 Å². The van der Waals surface area contributed by atoms with Gasteiger partial charge in [0.1, 0.15) is 5.56 Å². The Balaban J connectivity index is 2.20. The summed E-state index contributed by atoms with van der Waals surface area (Å²) in [7, 11) is 0. The fourth-order valence-corrected chi connectivity index (χ4v) is 2.57. The van der Waals surface area contributed by atoms with Crippen LogP contribution in [0, 0.1) is 6.92 Å². The summed E-state index contributed by atoms with van der Waals surface area (Å²) in [5.74, 6) is 0. The Bertz CT molecular complexity index is 846. The van der Waals surface area contributed by atoms with E-state index in [1.165, 1.54) is 0 Å². The van der Waals surface area contributed by atoms with E-state index in [0.717, 1.165) is 11.3 Å². The van der Waals surface area contributed by atoms with Gasteiger partial charge in [-0.05, 0) is 24.6 Å². The van der Waals surface area contributed by atoms with Crippen molar-refractivity contribution in [2.24, 2.45) is 0 Å². The molecule has 0 atom stereocenters. The molecule has 0 bridgehead atoms. The first-order chi connectivity index (χ1) is 10.7. The van der Waals surface area contributed by atoms with Gasteiger partial charge in [-0.3, -0.25) is 14.3 Å². The van der Waals surface area contributed by atoms with Gasteiger partial charge in [0, 0.05) is 5.69 Å². The van der Waals surface area contributed by atoms with Crippen molar-refractivity contribution >= 4 is 6.29 Å². The molecule has 0 spiro atoms. The lowest BCUT2D eigenvalue weighted by atomic mass is 10.2. The average molecular weight is 292 g/mol. The number of aldehydes is 1. The molecular formula is C18H16N2O2. The van der Waals surface area contributed by atoms with Crippen molar-refractivity contribution in [3.8, 4) is 5.69 Å². The van der Waals surface area contributed by atoms with E-state index >= 15 is 0 Å². The van der Waals surface area contributed by atoms with Gasteiger partial charge in [0.25, 0.3) is 5.56 Å². The molecule has 0 amide bonds. The van der Waals surface area contributed by atoms with Crippen LogP contribution in [0.15, 0.2) is 65.5 Å². The van der Waals surface area contributed by atoms with Crippen LogP contribution in [0.3, 0.4) is 0 Å². The van der Waals surface area contributed by atoms with E-state index in [0.29, 0.717) is 18.5 Å². The highest BCUT2D eigenvalue weighted by molar-refractivity contribution is 5.76. The maximum Gasteiger partial charge on any atom is 0.282 e. The molecule has 0 fully saturated rings. The Labute approximate surface area is 128 Å². The molecule has 1 aromatic heterocycles. The van der Waals surface area contributed by atoms with E-state index in [1.807, 2.05) is 65.3 Å². The first-order valence-electron chi connectivity index (χ1n) is 7.09. The summed E-state index contributed by atoms with van der Waals surface area (Å²) in [6.07, 6.45) is 0.638. The summed E-state index contributed by atoms with van der Waals surface area (Å²) in [5.41, 5.74) is 2.42. The summed E-state index contributed by atoms with van der Waals surface area (Å²) >= 11 is 0. The molecule has 1 heterocycles. The van der Waals surface area contributed by atoms with Gasteiger partial charge in [-0.1, -0.05) is 48.5 Å². The lowest BCUT2D eigenvalue weighted by Gasteiger charge is -2.13. The van der Waals surface area contributed by atoms with E-state index in [1.54, 1.807) is 11.6 Å². The van der Waals surface area contributed by atoms with Crippen molar-refractivity contribution in [1.82, 2.24) is 9.36 Å². The maximum absolute atomic E-state index is 12.5. The second kappa shape index (κ2) is 5.85. The number of hydrogen-bond donors (Lipinski definition) is 0. The summed E-state index contributed by atoms with van der Waals surface area (Å²) in [6.45, 7) is 2.33. The molecule has 3 aromatic rings. The monoisotopic (exact) mass is 292 g/mol. The lowest BCUT2D eigenvalue weighted by Crippen LogP contribution is -2.23. The highest BCUT2D eigenvalue weighted by atomic mass is 16.1. The summed E-state index contributed by atoms with van der Waals surface area (Å²) in [6, 6.07) is 19.2. The van der Waals surface area contributed by atoms with Crippen LogP contribution in [0.4, 0.5) is 0 Å². The summed E-state index contributed by atoms with van der Waals surface area (Å²) in [4.78, 5) is 23.8. The van der Waals surface area contributed by atoms with Gasteiger partial charge in [0.15, 0.2) is 6.29 Å². The average Bonchev–Trinajstić information content (AvgIpc) is 2.79. The maximum atomic E-state index is 12.5. The molecule has 0 N–H and O–H groups in total. The van der Waals surface area contributed by atoms with E-state index in [9.17, 15) is 9.59 Å². The molecule has 0 unspecified atom stereocenters. The third-order valence-electron chi connectivity index (χ3n) is 3.73. The summed E-state index contributed by atoms with van der Waals surface area (Å²) in [5, 5.41) is 0. The second-order valence-corrected chi connectivity index (χ2v) is 5.11. The van der Waals surface area contributed by atoms with Crippen molar-refractivity contribution in [3.05, 3.63) is 87.8 Å². The number of rotatable bonds is 4. The normalized spacial score (nSPS) is 10.6. The number of para-hydroxylation sites is 1. The molecular weight excluding hydrogens is 276 g/mol. The predicted octanol–water partition coefficient (Wildman–Crippen LogP) is 2.81. The Kier molecular flexibility index (Phi) is 3.74. The minimum Gasteiger partial charge on any atom is -0.298 e. The van der Waals surface area contributed by atoms with E-state index in [4.69, 9.17) is 0 Å². The molecule has 0 radical (unpaired) electrons. The van der Waals surface area contributed by atoms with Crippen LogP contribution in [0.25, 0.3) is 5.69 Å². The number of aromatic nitrogens is 2. The molecule has 110 valence electrons. The first kappa shape index (κ1) is 14.1. The zero-order valence-corrected chi connectivity index (χ0v) is 12.3. The van der Waals surface area contributed by atoms with E-state index in [2.05, 4.69) is 0 Å². The van der Waals surface area contributed by atoms with Crippen LogP contribution in [-0.4, -0.2) is 15.6 Å². The van der Waals surface area contributed by atoms with Gasteiger partial charge in [0.2, 0.25) is 0 Å². The third kappa shape index (κ3) is 2.39. The van der Waals surface area contributed by atoms with Crippen LogP contribution in [0.2, 0.25) is 0 Å².